The molecular weight excluding hydrogens is 314 g/mol. The number of nitrogen functional groups attached to an aromatic ring is 1. The Morgan fingerprint density at radius 1 is 1.43 bits per heavy atom. The molecule has 1 aliphatic heterocycles. The molecule has 1 fully saturated rings. The molecule has 21 heavy (non-hydrogen) atoms. The number of sulfonamides is 1. The van der Waals surface area contributed by atoms with Gasteiger partial charge in [-0.25, -0.2) is 8.42 Å². The van der Waals surface area contributed by atoms with E-state index in [4.69, 9.17) is 5.73 Å². The topological polar surface area (TPSA) is 107 Å². The molecule has 0 radical (unpaired) electrons. The van der Waals surface area contributed by atoms with Crippen LogP contribution in [0, 0.1) is 10.1 Å². The van der Waals surface area contributed by atoms with E-state index in [9.17, 15) is 18.5 Å². The molecule has 2 unspecified atom stereocenters. The fraction of sp³-hybridized carbons (Fsp3) is 0.500. The Labute approximate surface area is 127 Å². The first kappa shape index (κ1) is 16.1. The highest BCUT2D eigenvalue weighted by Gasteiger charge is 2.39. The molecule has 0 aromatic heterocycles. The number of hydrogen-bond donors (Lipinski definition) is 1. The largest absolute Gasteiger partial charge is 0.393 e. The van der Waals surface area contributed by atoms with Gasteiger partial charge in [-0.05, 0) is 19.1 Å². The number of nitrogens with zero attached hydrogens (tertiary/aromatic N) is 2. The Hall–Kier alpha value is -1.32. The molecule has 1 aromatic rings. The molecule has 2 N–H and O–H groups in total. The number of nitro groups is 1. The summed E-state index contributed by atoms with van der Waals surface area (Å²) in [6.07, 6.45) is 0. The summed E-state index contributed by atoms with van der Waals surface area (Å²) in [5.41, 5.74) is 4.89. The van der Waals surface area contributed by atoms with E-state index < -0.39 is 20.6 Å². The number of thioether (sulfide) groups is 1. The average molecular weight is 331 g/mol. The zero-order valence-electron chi connectivity index (χ0n) is 11.7. The first-order chi connectivity index (χ1) is 9.76. The van der Waals surface area contributed by atoms with Crippen molar-refractivity contribution in [2.45, 2.75) is 30.0 Å². The van der Waals surface area contributed by atoms with Gasteiger partial charge in [-0.15, -0.1) is 0 Å². The highest BCUT2D eigenvalue weighted by atomic mass is 32.2. The molecule has 1 heterocycles. The maximum absolute atomic E-state index is 12.8. The second-order valence-electron chi connectivity index (χ2n) is 4.88. The summed E-state index contributed by atoms with van der Waals surface area (Å²) in [5, 5.41) is 11.3. The van der Waals surface area contributed by atoms with Gasteiger partial charge >= 0.3 is 5.69 Å². The molecule has 116 valence electrons. The van der Waals surface area contributed by atoms with Crippen LogP contribution in [-0.4, -0.2) is 41.2 Å². The van der Waals surface area contributed by atoms with Crippen LogP contribution < -0.4 is 5.73 Å². The van der Waals surface area contributed by atoms with E-state index in [-0.39, 0.29) is 21.9 Å². The summed E-state index contributed by atoms with van der Waals surface area (Å²) in [7, 11) is -3.94. The molecule has 2 rings (SSSR count). The van der Waals surface area contributed by atoms with E-state index in [1.165, 1.54) is 22.5 Å². The molecule has 7 nitrogen and oxygen atoms in total. The van der Waals surface area contributed by atoms with Crippen LogP contribution in [0.25, 0.3) is 0 Å². The number of para-hydroxylation sites is 1. The Bertz CT molecular complexity index is 662. The van der Waals surface area contributed by atoms with E-state index in [2.05, 4.69) is 0 Å². The lowest BCUT2D eigenvalue weighted by atomic mass is 10.2. The fourth-order valence-corrected chi connectivity index (χ4v) is 5.50. The molecule has 0 aliphatic carbocycles. The van der Waals surface area contributed by atoms with E-state index in [0.717, 1.165) is 0 Å². The smallest absolute Gasteiger partial charge is 0.312 e. The maximum atomic E-state index is 12.8. The van der Waals surface area contributed by atoms with E-state index in [1.54, 1.807) is 11.8 Å². The Morgan fingerprint density at radius 3 is 2.71 bits per heavy atom. The van der Waals surface area contributed by atoms with Gasteiger partial charge in [0.25, 0.3) is 0 Å². The second-order valence-corrected chi connectivity index (χ2v) is 8.23. The van der Waals surface area contributed by atoms with Gasteiger partial charge in [0.1, 0.15) is 5.69 Å². The summed E-state index contributed by atoms with van der Waals surface area (Å²) in [4.78, 5) is 10.1. The van der Waals surface area contributed by atoms with E-state index in [1.807, 2.05) is 13.8 Å². The average Bonchev–Trinajstić information content (AvgIpc) is 2.41. The van der Waals surface area contributed by atoms with Crippen molar-refractivity contribution in [3.63, 3.8) is 0 Å². The normalized spacial score (nSPS) is 23.9. The molecule has 0 bridgehead atoms. The van der Waals surface area contributed by atoms with Crippen LogP contribution in [0.1, 0.15) is 13.8 Å². The third-order valence-corrected chi connectivity index (χ3v) is 6.98. The lowest BCUT2D eigenvalue weighted by molar-refractivity contribution is -0.386. The first-order valence-electron chi connectivity index (χ1n) is 6.43. The molecule has 1 aromatic carbocycles. The van der Waals surface area contributed by atoms with Crippen molar-refractivity contribution in [2.75, 3.05) is 18.0 Å². The molecule has 0 amide bonds. The van der Waals surface area contributed by atoms with Crippen LogP contribution in [0.4, 0.5) is 11.4 Å². The lowest BCUT2D eigenvalue weighted by Gasteiger charge is -2.36. The number of nitro benzene ring substituents is 1. The van der Waals surface area contributed by atoms with Crippen LogP contribution in [0.2, 0.25) is 0 Å². The predicted octanol–water partition coefficient (Wildman–Crippen LogP) is 1.69. The highest BCUT2D eigenvalue weighted by Crippen LogP contribution is 2.35. The van der Waals surface area contributed by atoms with Crippen LogP contribution in [0.5, 0.6) is 0 Å². The number of anilines is 1. The van der Waals surface area contributed by atoms with Crippen LogP contribution in [-0.2, 0) is 10.0 Å². The monoisotopic (exact) mass is 331 g/mol. The Kier molecular flexibility index (Phi) is 4.45. The second kappa shape index (κ2) is 5.82. The fourth-order valence-electron chi connectivity index (χ4n) is 2.31. The minimum Gasteiger partial charge on any atom is -0.393 e. The summed E-state index contributed by atoms with van der Waals surface area (Å²) < 4.78 is 26.9. The third-order valence-electron chi connectivity index (χ3n) is 3.63. The quantitative estimate of drug-likeness (QED) is 0.513. The predicted molar refractivity (Wildman–Crippen MR) is 82.8 cm³/mol. The summed E-state index contributed by atoms with van der Waals surface area (Å²) in [6.45, 7) is 4.10. The summed E-state index contributed by atoms with van der Waals surface area (Å²) in [5.74, 6) is 0.668. The van der Waals surface area contributed by atoms with Crippen molar-refractivity contribution >= 4 is 33.2 Å². The molecule has 2 atom stereocenters. The lowest BCUT2D eigenvalue weighted by Crippen LogP contribution is -2.47. The standard InChI is InChI=1S/C12H17N3O4S2/c1-8-9(2)20-7-6-14(8)21(18,19)11-5-3-4-10(13)12(11)15(16)17/h3-5,8-9H,6-7,13H2,1-2H3. The van der Waals surface area contributed by atoms with Gasteiger partial charge in [0.15, 0.2) is 4.90 Å². The van der Waals surface area contributed by atoms with Gasteiger partial charge in [0, 0.05) is 23.6 Å². The van der Waals surface area contributed by atoms with Crippen LogP contribution in [0.15, 0.2) is 23.1 Å². The van der Waals surface area contributed by atoms with Gasteiger partial charge < -0.3 is 5.73 Å². The SMILES string of the molecule is CC1SCCN(S(=O)(=O)c2cccc(N)c2[N+](=O)[O-])C1C. The minimum atomic E-state index is -3.94. The van der Waals surface area contributed by atoms with Crippen molar-refractivity contribution in [1.82, 2.24) is 4.31 Å². The van der Waals surface area contributed by atoms with Crippen LogP contribution in [0.3, 0.4) is 0 Å². The van der Waals surface area contributed by atoms with Gasteiger partial charge in [0.2, 0.25) is 10.0 Å². The van der Waals surface area contributed by atoms with Gasteiger partial charge in [-0.3, -0.25) is 10.1 Å². The molecular formula is C12H17N3O4S2. The van der Waals surface area contributed by atoms with E-state index in [0.29, 0.717) is 12.3 Å². The number of hydrogen-bond acceptors (Lipinski definition) is 6. The summed E-state index contributed by atoms with van der Waals surface area (Å²) >= 11 is 1.69. The van der Waals surface area contributed by atoms with Crippen molar-refractivity contribution < 1.29 is 13.3 Å². The first-order valence-corrected chi connectivity index (χ1v) is 8.92. The van der Waals surface area contributed by atoms with Gasteiger partial charge in [0.05, 0.1) is 4.92 Å². The van der Waals surface area contributed by atoms with Crippen molar-refractivity contribution in [3.8, 4) is 0 Å². The number of rotatable bonds is 3. The molecule has 1 aliphatic rings. The Morgan fingerprint density at radius 2 is 2.10 bits per heavy atom. The van der Waals surface area contributed by atoms with E-state index >= 15 is 0 Å². The number of nitrogens with two attached hydrogens (primary N) is 1. The van der Waals surface area contributed by atoms with Crippen molar-refractivity contribution in [3.05, 3.63) is 28.3 Å². The number of benzene rings is 1. The molecule has 1 saturated heterocycles. The zero-order chi connectivity index (χ0) is 15.8. The van der Waals surface area contributed by atoms with Crippen molar-refractivity contribution in [2.24, 2.45) is 0 Å². The zero-order valence-corrected chi connectivity index (χ0v) is 13.4. The minimum absolute atomic E-state index is 0.133. The molecule has 9 heteroatoms. The summed E-state index contributed by atoms with van der Waals surface area (Å²) in [6, 6.07) is 3.76. The molecule has 0 spiro atoms. The highest BCUT2D eigenvalue weighted by molar-refractivity contribution is 8.00. The van der Waals surface area contributed by atoms with Gasteiger partial charge in [-0.1, -0.05) is 13.0 Å². The van der Waals surface area contributed by atoms with Crippen molar-refractivity contribution in [1.29, 1.82) is 0 Å². The third kappa shape index (κ3) is 2.85. The van der Waals surface area contributed by atoms with Crippen LogP contribution >= 0.6 is 11.8 Å². The maximum Gasteiger partial charge on any atom is 0.312 e. The molecule has 0 saturated carbocycles. The van der Waals surface area contributed by atoms with Gasteiger partial charge in [-0.2, -0.15) is 16.1 Å². The Balaban J connectivity index is 2.55.